The van der Waals surface area contributed by atoms with Crippen LogP contribution in [0.25, 0.3) is 0 Å². The topological polar surface area (TPSA) is 110 Å². The van der Waals surface area contributed by atoms with Crippen LogP contribution in [0.1, 0.15) is 27.2 Å². The summed E-state index contributed by atoms with van der Waals surface area (Å²) in [5.74, 6) is 1.47. The highest BCUT2D eigenvalue weighted by Crippen LogP contribution is 2.25. The van der Waals surface area contributed by atoms with Crippen LogP contribution in [0.15, 0.2) is 22.5 Å². The van der Waals surface area contributed by atoms with Crippen molar-refractivity contribution in [2.45, 2.75) is 31.5 Å². The van der Waals surface area contributed by atoms with Crippen molar-refractivity contribution in [3.8, 4) is 0 Å². The van der Waals surface area contributed by atoms with Crippen LogP contribution in [0.5, 0.6) is 0 Å². The van der Waals surface area contributed by atoms with Gasteiger partial charge in [0.1, 0.15) is 6.29 Å². The highest BCUT2D eigenvalue weighted by molar-refractivity contribution is 8.01. The summed E-state index contributed by atoms with van der Waals surface area (Å²) in [5.41, 5.74) is 14.1. The Bertz CT molecular complexity index is 667. The zero-order chi connectivity index (χ0) is 21.4. The van der Waals surface area contributed by atoms with Gasteiger partial charge in [-0.15, -0.1) is 21.8 Å². The summed E-state index contributed by atoms with van der Waals surface area (Å²) in [6.45, 7) is 8.41. The molecule has 0 fully saturated rings. The van der Waals surface area contributed by atoms with Gasteiger partial charge < -0.3 is 26.5 Å². The molecule has 0 amide bonds. The van der Waals surface area contributed by atoms with Gasteiger partial charge in [-0.25, -0.2) is 0 Å². The number of aldehydes is 1. The van der Waals surface area contributed by atoms with Gasteiger partial charge in [-0.3, -0.25) is 0 Å². The molecule has 0 aliphatic rings. The van der Waals surface area contributed by atoms with Crippen LogP contribution in [0.4, 0.5) is 22.2 Å². The zero-order valence-corrected chi connectivity index (χ0v) is 19.3. The predicted octanol–water partition coefficient (Wildman–Crippen LogP) is 4.20. The van der Waals surface area contributed by atoms with E-state index in [0.717, 1.165) is 40.8 Å². The summed E-state index contributed by atoms with van der Waals surface area (Å²) in [4.78, 5) is 11.6. The van der Waals surface area contributed by atoms with Crippen molar-refractivity contribution in [2.75, 3.05) is 53.5 Å². The first-order valence-corrected chi connectivity index (χ1v) is 11.3. The lowest BCUT2D eigenvalue weighted by atomic mass is 10.2. The minimum atomic E-state index is 0.448. The molecule has 0 unspecified atom stereocenters. The van der Waals surface area contributed by atoms with Crippen LogP contribution in [0.2, 0.25) is 0 Å². The van der Waals surface area contributed by atoms with Crippen LogP contribution < -0.4 is 21.7 Å². The number of hydrogen-bond donors (Lipinski definition) is 3. The van der Waals surface area contributed by atoms with Crippen LogP contribution in [0, 0.1) is 0 Å². The summed E-state index contributed by atoms with van der Waals surface area (Å²) in [6.07, 6.45) is 1.27. The predicted molar refractivity (Wildman–Crippen MR) is 126 cm³/mol. The second-order valence-electron chi connectivity index (χ2n) is 5.18. The molecule has 0 bridgehead atoms. The maximum absolute atomic E-state index is 9.32. The summed E-state index contributed by atoms with van der Waals surface area (Å²) in [7, 11) is 1.89. The molecule has 0 saturated heterocycles. The summed E-state index contributed by atoms with van der Waals surface area (Å²) in [5, 5.41) is 11.1. The number of aromatic nitrogens is 2. The number of thioether (sulfide) groups is 1. The van der Waals surface area contributed by atoms with Gasteiger partial charge in [-0.05, 0) is 37.8 Å². The van der Waals surface area contributed by atoms with Gasteiger partial charge >= 0.3 is 0 Å². The van der Waals surface area contributed by atoms with Gasteiger partial charge in [0.05, 0.1) is 11.4 Å². The van der Waals surface area contributed by atoms with E-state index in [1.165, 1.54) is 17.0 Å². The van der Waals surface area contributed by atoms with E-state index in [4.69, 9.17) is 23.1 Å². The fourth-order valence-corrected chi connectivity index (χ4v) is 3.62. The average Bonchev–Trinajstić information content (AvgIpc) is 3.11. The first-order chi connectivity index (χ1) is 13.5. The molecule has 0 atom stereocenters. The van der Waals surface area contributed by atoms with E-state index in [2.05, 4.69) is 53.3 Å². The zero-order valence-electron chi connectivity index (χ0n) is 16.9. The number of hydrogen-bond acceptors (Lipinski definition) is 9. The number of rotatable bonds is 8. The Kier molecular flexibility index (Phi) is 15.3. The number of halogens is 1. The minimum Gasteiger partial charge on any atom is -0.397 e. The molecule has 2 aromatic rings. The number of anilines is 4. The summed E-state index contributed by atoms with van der Waals surface area (Å²) < 4.78 is 0.954. The summed E-state index contributed by atoms with van der Waals surface area (Å²) >= 11 is 8.16. The molecular weight excluding hydrogens is 416 g/mol. The fourth-order valence-electron chi connectivity index (χ4n) is 1.99. The fraction of sp³-hybridized carbons (Fsp3) is 0.500. The van der Waals surface area contributed by atoms with Crippen molar-refractivity contribution in [1.29, 1.82) is 0 Å². The lowest BCUT2D eigenvalue weighted by Gasteiger charge is -2.22. The van der Waals surface area contributed by atoms with Gasteiger partial charge in [-0.1, -0.05) is 30.0 Å². The second-order valence-corrected chi connectivity index (χ2v) is 8.08. The molecule has 2 rings (SSSR count). The van der Waals surface area contributed by atoms with E-state index in [9.17, 15) is 4.79 Å². The maximum atomic E-state index is 9.32. The molecule has 10 heteroatoms. The third-order valence-corrected chi connectivity index (χ3v) is 5.34. The quantitative estimate of drug-likeness (QED) is 0.239. The maximum Gasteiger partial charge on any atom is 0.203 e. The summed E-state index contributed by atoms with van der Waals surface area (Å²) in [6, 6.07) is 6.09. The number of carbonyl (C=O) groups is 1. The number of benzene rings is 1. The first kappa shape index (κ1) is 26.3. The highest BCUT2D eigenvalue weighted by Gasteiger charge is 2.04. The smallest absolute Gasteiger partial charge is 0.203 e. The van der Waals surface area contributed by atoms with Gasteiger partial charge in [0.15, 0.2) is 4.34 Å². The number of alkyl halides is 1. The van der Waals surface area contributed by atoms with Gasteiger partial charge in [0, 0.05) is 38.1 Å². The number of carbonyl (C=O) groups excluding carboxylic acids is 1. The molecule has 1 aromatic heterocycles. The SMILES string of the molecule is CCN(CC)c1ccc(N)c(NC)c1.CCSc1nnc(N)s1.O=CCCCl. The molecule has 0 saturated carbocycles. The van der Waals surface area contributed by atoms with E-state index in [1.807, 2.05) is 13.1 Å². The highest BCUT2D eigenvalue weighted by atomic mass is 35.5. The molecule has 1 heterocycles. The first-order valence-electron chi connectivity index (χ1n) is 9.00. The van der Waals surface area contributed by atoms with Crippen LogP contribution >= 0.6 is 34.7 Å². The molecule has 7 nitrogen and oxygen atoms in total. The largest absolute Gasteiger partial charge is 0.397 e. The Morgan fingerprint density at radius 1 is 1.25 bits per heavy atom. The lowest BCUT2D eigenvalue weighted by Crippen LogP contribution is -2.21. The number of nitrogens with zero attached hydrogens (tertiary/aromatic N) is 3. The minimum absolute atomic E-state index is 0.448. The van der Waals surface area contributed by atoms with Crippen molar-refractivity contribution in [1.82, 2.24) is 10.2 Å². The van der Waals surface area contributed by atoms with E-state index in [1.54, 1.807) is 11.8 Å². The standard InChI is InChI=1S/C11H19N3.C4H7N3S2.C3H5ClO/c1-4-14(5-2)9-6-7-10(12)11(8-9)13-3;1-2-8-4-7-6-3(5)9-4;4-2-1-3-5/h6-8,13H,4-5,12H2,1-3H3;2H2,1H3,(H2,5,6);3H,1-2H2. The van der Waals surface area contributed by atoms with Crippen molar-refractivity contribution in [3.63, 3.8) is 0 Å². The van der Waals surface area contributed by atoms with Crippen molar-refractivity contribution >= 4 is 63.2 Å². The molecule has 0 spiro atoms. The molecule has 0 aliphatic carbocycles. The third kappa shape index (κ3) is 10.6. The van der Waals surface area contributed by atoms with Crippen molar-refractivity contribution < 1.29 is 4.79 Å². The van der Waals surface area contributed by atoms with E-state index < -0.39 is 0 Å². The van der Waals surface area contributed by atoms with Crippen molar-refractivity contribution in [2.24, 2.45) is 0 Å². The van der Waals surface area contributed by atoms with Gasteiger partial charge in [0.2, 0.25) is 5.13 Å². The Hall–Kier alpha value is -1.71. The van der Waals surface area contributed by atoms with Crippen molar-refractivity contribution in [3.05, 3.63) is 18.2 Å². The average molecular weight is 447 g/mol. The molecule has 28 heavy (non-hydrogen) atoms. The van der Waals surface area contributed by atoms with Crippen LogP contribution in [-0.4, -0.2) is 48.3 Å². The van der Waals surface area contributed by atoms with E-state index in [-0.39, 0.29) is 0 Å². The Labute approximate surface area is 181 Å². The van der Waals surface area contributed by atoms with E-state index >= 15 is 0 Å². The Morgan fingerprint density at radius 3 is 2.32 bits per heavy atom. The monoisotopic (exact) mass is 446 g/mol. The normalized spacial score (nSPS) is 9.46. The van der Waals surface area contributed by atoms with E-state index in [0.29, 0.717) is 17.4 Å². The molecule has 5 N–H and O–H groups in total. The number of nitrogens with one attached hydrogen (secondary N) is 1. The lowest BCUT2D eigenvalue weighted by molar-refractivity contribution is -0.107. The number of nitrogens with two attached hydrogens (primary N) is 2. The number of nitrogen functional groups attached to an aromatic ring is 2. The Balaban J connectivity index is 0.000000445. The Morgan fingerprint density at radius 2 is 1.93 bits per heavy atom. The van der Waals surface area contributed by atoms with Gasteiger partial charge in [-0.2, -0.15) is 0 Å². The molecular formula is C18H31ClN6OS2. The molecule has 0 radical (unpaired) electrons. The van der Waals surface area contributed by atoms with Crippen LogP contribution in [0.3, 0.4) is 0 Å². The molecule has 0 aliphatic heterocycles. The molecule has 1 aromatic carbocycles. The molecule has 158 valence electrons. The second kappa shape index (κ2) is 16.3. The van der Waals surface area contributed by atoms with Gasteiger partial charge in [0.25, 0.3) is 0 Å². The van der Waals surface area contributed by atoms with Crippen LogP contribution in [-0.2, 0) is 4.79 Å². The third-order valence-electron chi connectivity index (χ3n) is 3.35.